The van der Waals surface area contributed by atoms with Crippen molar-refractivity contribution in [2.24, 2.45) is 5.92 Å². The summed E-state index contributed by atoms with van der Waals surface area (Å²) in [5.74, 6) is 1.45. The van der Waals surface area contributed by atoms with E-state index in [1.54, 1.807) is 4.57 Å². The van der Waals surface area contributed by atoms with Gasteiger partial charge in [0.15, 0.2) is 5.82 Å². The summed E-state index contributed by atoms with van der Waals surface area (Å²) in [6, 6.07) is 23.2. The van der Waals surface area contributed by atoms with E-state index in [4.69, 9.17) is 14.2 Å². The zero-order valence-corrected chi connectivity index (χ0v) is 29.8. The molecule has 2 aromatic heterocycles. The molecule has 46 heavy (non-hydrogen) atoms. The van der Waals surface area contributed by atoms with Gasteiger partial charge in [-0.3, -0.25) is 23.7 Å². The quantitative estimate of drug-likeness (QED) is 0.245. The Balaban J connectivity index is 0.00000250. The van der Waals surface area contributed by atoms with Gasteiger partial charge in [0.1, 0.15) is 17.4 Å². The maximum Gasteiger partial charge on any atom is 1.00 e. The monoisotopic (exact) mass is 644 g/mol. The van der Waals surface area contributed by atoms with Gasteiger partial charge in [-0.1, -0.05) is 74.0 Å². The van der Waals surface area contributed by atoms with Crippen molar-refractivity contribution in [2.75, 3.05) is 0 Å². The van der Waals surface area contributed by atoms with Crippen LogP contribution in [0.3, 0.4) is 0 Å². The van der Waals surface area contributed by atoms with Gasteiger partial charge in [0.2, 0.25) is 0 Å². The van der Waals surface area contributed by atoms with Gasteiger partial charge in [0, 0.05) is 29.9 Å². The number of benzene rings is 3. The Morgan fingerprint density at radius 2 is 1.72 bits per heavy atom. The standard InChI is InChI=1S/C36H36N4O5.K.H/c1-4-7-32-31(21-24-10-12-25(13-11-24)29-8-5-6-9-30(29)34-38-36(43)45-39-34)35(42)40(23(3)37-32)26-14-16-27(17-15-26)44-28-18-19-33(41)22(2)20-28;;/h5-6,8-17,22,28H,4,7,18-21H2,1-3H3,(H,38,39,43);;/q;+1;-1. The van der Waals surface area contributed by atoms with Gasteiger partial charge in [-0.25, -0.2) is 9.78 Å². The minimum atomic E-state index is -0.604. The zero-order chi connectivity index (χ0) is 31.5. The summed E-state index contributed by atoms with van der Waals surface area (Å²) >= 11 is 0. The first-order valence-electron chi connectivity index (χ1n) is 15.5. The van der Waals surface area contributed by atoms with Gasteiger partial charge in [-0.05, 0) is 67.1 Å². The number of ketones is 1. The van der Waals surface area contributed by atoms with E-state index in [1.165, 1.54) is 0 Å². The maximum atomic E-state index is 14.1. The molecule has 0 bridgehead atoms. The first-order chi connectivity index (χ1) is 21.8. The van der Waals surface area contributed by atoms with Crippen molar-refractivity contribution in [1.29, 1.82) is 0 Å². The van der Waals surface area contributed by atoms with Gasteiger partial charge in [-0.15, -0.1) is 0 Å². The molecule has 2 atom stereocenters. The van der Waals surface area contributed by atoms with Gasteiger partial charge in [0.05, 0.1) is 17.5 Å². The van der Waals surface area contributed by atoms with E-state index in [0.29, 0.717) is 42.3 Å². The van der Waals surface area contributed by atoms with E-state index in [9.17, 15) is 14.4 Å². The molecule has 232 valence electrons. The summed E-state index contributed by atoms with van der Waals surface area (Å²) in [7, 11) is 0. The molecule has 2 unspecified atom stereocenters. The average molecular weight is 645 g/mol. The van der Waals surface area contributed by atoms with Crippen molar-refractivity contribution in [3.63, 3.8) is 0 Å². The molecule has 0 amide bonds. The number of aromatic amines is 1. The topological polar surface area (TPSA) is 120 Å². The smallest absolute Gasteiger partial charge is 1.00 e. The molecule has 3 aromatic carbocycles. The van der Waals surface area contributed by atoms with Crippen LogP contribution < -0.4 is 67.4 Å². The minimum absolute atomic E-state index is 0. The summed E-state index contributed by atoms with van der Waals surface area (Å²) in [5, 5.41) is 3.85. The number of carbonyl (C=O) groups is 1. The maximum absolute atomic E-state index is 14.1. The van der Waals surface area contributed by atoms with Gasteiger partial charge in [0.25, 0.3) is 5.56 Å². The summed E-state index contributed by atoms with van der Waals surface area (Å²) in [6.45, 7) is 5.91. The van der Waals surface area contributed by atoms with E-state index < -0.39 is 5.76 Å². The van der Waals surface area contributed by atoms with Crippen molar-refractivity contribution >= 4 is 5.78 Å². The molecule has 1 N–H and O–H groups in total. The second kappa shape index (κ2) is 15.0. The number of nitrogens with one attached hydrogen (secondary N) is 1. The molecule has 2 heterocycles. The second-order valence-corrected chi connectivity index (χ2v) is 11.7. The third kappa shape index (κ3) is 7.42. The van der Waals surface area contributed by atoms with E-state index in [1.807, 2.05) is 86.6 Å². The molecule has 6 rings (SSSR count). The fraction of sp³-hybridized carbons (Fsp3) is 0.306. The van der Waals surface area contributed by atoms with Crippen LogP contribution in [0.2, 0.25) is 0 Å². The number of carbonyl (C=O) groups excluding carboxylic acids is 1. The predicted octanol–water partition coefficient (Wildman–Crippen LogP) is 3.35. The Hall–Kier alpha value is -3.41. The first kappa shape index (κ1) is 33.9. The molecule has 0 saturated heterocycles. The van der Waals surface area contributed by atoms with Crippen LogP contribution in [0.25, 0.3) is 28.2 Å². The molecule has 1 saturated carbocycles. The third-order valence-electron chi connectivity index (χ3n) is 8.46. The summed E-state index contributed by atoms with van der Waals surface area (Å²) in [5.41, 5.74) is 5.74. The Morgan fingerprint density at radius 1 is 1.00 bits per heavy atom. The number of nitrogens with zero attached hydrogens (tertiary/aromatic N) is 3. The summed E-state index contributed by atoms with van der Waals surface area (Å²) < 4.78 is 12.6. The molecule has 9 nitrogen and oxygen atoms in total. The van der Waals surface area contributed by atoms with Crippen LogP contribution in [0.15, 0.2) is 86.9 Å². The zero-order valence-electron chi connectivity index (χ0n) is 27.7. The van der Waals surface area contributed by atoms with Gasteiger partial charge in [-0.2, -0.15) is 0 Å². The van der Waals surface area contributed by atoms with E-state index in [0.717, 1.165) is 58.6 Å². The number of aryl methyl sites for hydroxylation is 2. The molecule has 5 aromatic rings. The molecule has 1 aliphatic carbocycles. The Morgan fingerprint density at radius 3 is 2.37 bits per heavy atom. The van der Waals surface area contributed by atoms with Crippen LogP contribution >= 0.6 is 0 Å². The fourth-order valence-corrected chi connectivity index (χ4v) is 6.10. The van der Waals surface area contributed by atoms with Crippen molar-refractivity contribution in [3.05, 3.63) is 116 Å². The number of H-pyrrole nitrogens is 1. The number of rotatable bonds is 9. The predicted molar refractivity (Wildman–Crippen MR) is 173 cm³/mol. The average Bonchev–Trinajstić information content (AvgIpc) is 3.48. The largest absolute Gasteiger partial charge is 1.00 e. The van der Waals surface area contributed by atoms with E-state index >= 15 is 0 Å². The SMILES string of the molecule is CCCc1nc(C)n(-c2ccc(OC3CCC(=O)C(C)C3)cc2)c(=O)c1Cc1ccc(-c2ccccc2-c2noc(=O)[nH]2)cc1.[H-].[K+]. The van der Waals surface area contributed by atoms with Crippen LogP contribution in [-0.2, 0) is 17.6 Å². The minimum Gasteiger partial charge on any atom is -1.00 e. The van der Waals surface area contributed by atoms with Crippen molar-refractivity contribution < 1.29 is 66.9 Å². The number of Topliss-reactive ketones (excluding diaryl/α,β-unsaturated/α-hetero) is 1. The number of hydrogen-bond donors (Lipinski definition) is 1. The van der Waals surface area contributed by atoms with Gasteiger partial charge < -0.3 is 6.16 Å². The number of ether oxygens (including phenoxy) is 1. The molecule has 1 fully saturated rings. The van der Waals surface area contributed by atoms with E-state index in [-0.39, 0.29) is 70.4 Å². The molecule has 0 radical (unpaired) electrons. The number of hydrogen-bond acceptors (Lipinski definition) is 7. The van der Waals surface area contributed by atoms with Crippen molar-refractivity contribution in [1.82, 2.24) is 19.7 Å². The Kier molecular flexibility index (Phi) is 11.1. The Bertz CT molecular complexity index is 1950. The third-order valence-corrected chi connectivity index (χ3v) is 8.46. The molecule has 0 spiro atoms. The van der Waals surface area contributed by atoms with Gasteiger partial charge >= 0.3 is 57.1 Å². The number of aromatic nitrogens is 4. The first-order valence-corrected chi connectivity index (χ1v) is 15.5. The van der Waals surface area contributed by atoms with Crippen LogP contribution in [0, 0.1) is 12.8 Å². The molecular formula is C36H37KN4O5. The molecule has 0 aliphatic heterocycles. The fourth-order valence-electron chi connectivity index (χ4n) is 6.10. The summed E-state index contributed by atoms with van der Waals surface area (Å²) in [6.07, 6.45) is 4.05. The molecular weight excluding hydrogens is 608 g/mol. The molecule has 10 heteroatoms. The van der Waals surface area contributed by atoms with Crippen LogP contribution in [-0.4, -0.2) is 31.6 Å². The second-order valence-electron chi connectivity index (χ2n) is 11.7. The van der Waals surface area contributed by atoms with Crippen LogP contribution in [0.4, 0.5) is 0 Å². The van der Waals surface area contributed by atoms with Crippen molar-refractivity contribution in [2.45, 2.75) is 65.4 Å². The molecule has 1 aliphatic rings. The van der Waals surface area contributed by atoms with Crippen LogP contribution in [0.1, 0.15) is 63.6 Å². The normalized spacial score (nSPS) is 16.2. The Labute approximate surface area is 311 Å². The van der Waals surface area contributed by atoms with Crippen molar-refractivity contribution in [3.8, 4) is 34.0 Å². The summed E-state index contributed by atoms with van der Waals surface area (Å²) in [4.78, 5) is 45.0. The van der Waals surface area contributed by atoms with E-state index in [2.05, 4.69) is 17.1 Å². The van der Waals surface area contributed by atoms with Crippen LogP contribution in [0.5, 0.6) is 5.75 Å².